The van der Waals surface area contributed by atoms with E-state index in [2.05, 4.69) is 5.32 Å². The molecule has 1 atom stereocenters. The van der Waals surface area contributed by atoms with Gasteiger partial charge >= 0.3 is 5.97 Å². The van der Waals surface area contributed by atoms with Crippen LogP contribution in [0.15, 0.2) is 30.3 Å². The minimum Gasteiger partial charge on any atom is -0.480 e. The SMILES string of the molecule is CCC[C@H](NC(=O)/C=C/c1ccccc1Cl)C(=O)O. The summed E-state index contributed by atoms with van der Waals surface area (Å²) in [6.07, 6.45) is 3.93. The Kier molecular flexibility index (Phi) is 6.09. The number of halogens is 1. The first-order chi connectivity index (χ1) is 9.04. The van der Waals surface area contributed by atoms with Crippen LogP contribution in [0.2, 0.25) is 5.02 Å². The van der Waals surface area contributed by atoms with Crippen LogP contribution >= 0.6 is 11.6 Å². The Bertz CT molecular complexity index is 485. The van der Waals surface area contributed by atoms with E-state index in [1.54, 1.807) is 30.3 Å². The van der Waals surface area contributed by atoms with Crippen LogP contribution in [0.25, 0.3) is 6.08 Å². The number of hydrogen-bond acceptors (Lipinski definition) is 2. The van der Waals surface area contributed by atoms with Gasteiger partial charge in [-0.1, -0.05) is 43.1 Å². The Morgan fingerprint density at radius 1 is 1.42 bits per heavy atom. The predicted molar refractivity (Wildman–Crippen MR) is 75.0 cm³/mol. The fraction of sp³-hybridized carbons (Fsp3) is 0.286. The number of aliphatic carboxylic acids is 1. The van der Waals surface area contributed by atoms with Crippen molar-refractivity contribution >= 4 is 29.6 Å². The number of carboxylic acid groups (broad SMARTS) is 1. The molecule has 1 aromatic carbocycles. The lowest BCUT2D eigenvalue weighted by molar-refractivity contribution is -0.141. The standard InChI is InChI=1S/C14H16ClNO3/c1-2-5-12(14(18)19)16-13(17)9-8-10-6-3-4-7-11(10)15/h3-4,6-9,12H,2,5H2,1H3,(H,16,17)(H,18,19)/b9-8+/t12-/m0/s1. The molecule has 0 bridgehead atoms. The molecule has 0 aliphatic carbocycles. The van der Waals surface area contributed by atoms with Gasteiger partial charge in [0, 0.05) is 11.1 Å². The van der Waals surface area contributed by atoms with Gasteiger partial charge in [-0.15, -0.1) is 0 Å². The molecule has 0 saturated carbocycles. The zero-order valence-corrected chi connectivity index (χ0v) is 11.4. The zero-order chi connectivity index (χ0) is 14.3. The summed E-state index contributed by atoms with van der Waals surface area (Å²) in [5.74, 6) is -1.47. The van der Waals surface area contributed by atoms with Crippen molar-refractivity contribution in [2.24, 2.45) is 0 Å². The lowest BCUT2D eigenvalue weighted by Crippen LogP contribution is -2.39. The number of carbonyl (C=O) groups is 2. The van der Waals surface area contributed by atoms with Crippen LogP contribution < -0.4 is 5.32 Å². The molecule has 0 aromatic heterocycles. The molecule has 1 aromatic rings. The summed E-state index contributed by atoms with van der Waals surface area (Å²) >= 11 is 5.94. The molecule has 0 aliphatic heterocycles. The van der Waals surface area contributed by atoms with Gasteiger partial charge in [0.05, 0.1) is 0 Å². The molecule has 5 heteroatoms. The van der Waals surface area contributed by atoms with E-state index >= 15 is 0 Å². The molecular weight excluding hydrogens is 266 g/mol. The van der Waals surface area contributed by atoms with E-state index in [9.17, 15) is 9.59 Å². The summed E-state index contributed by atoms with van der Waals surface area (Å²) in [5.41, 5.74) is 0.710. The molecular formula is C14H16ClNO3. The quantitative estimate of drug-likeness (QED) is 0.788. The summed E-state index contributed by atoms with van der Waals surface area (Å²) in [7, 11) is 0. The van der Waals surface area contributed by atoms with Gasteiger partial charge < -0.3 is 10.4 Å². The van der Waals surface area contributed by atoms with E-state index in [1.807, 2.05) is 6.92 Å². The van der Waals surface area contributed by atoms with E-state index < -0.39 is 17.9 Å². The maximum atomic E-state index is 11.6. The molecule has 0 aliphatic rings. The van der Waals surface area contributed by atoms with Crippen molar-refractivity contribution in [3.8, 4) is 0 Å². The molecule has 0 unspecified atom stereocenters. The second-order valence-corrected chi connectivity index (χ2v) is 4.45. The van der Waals surface area contributed by atoms with E-state index in [-0.39, 0.29) is 0 Å². The molecule has 102 valence electrons. The maximum absolute atomic E-state index is 11.6. The Balaban J connectivity index is 2.64. The lowest BCUT2D eigenvalue weighted by Gasteiger charge is -2.11. The van der Waals surface area contributed by atoms with E-state index in [1.165, 1.54) is 6.08 Å². The van der Waals surface area contributed by atoms with Crippen molar-refractivity contribution < 1.29 is 14.7 Å². The van der Waals surface area contributed by atoms with Gasteiger partial charge in [-0.25, -0.2) is 4.79 Å². The summed E-state index contributed by atoms with van der Waals surface area (Å²) in [5, 5.41) is 11.9. The van der Waals surface area contributed by atoms with Gasteiger partial charge in [0.2, 0.25) is 5.91 Å². The number of carbonyl (C=O) groups excluding carboxylic acids is 1. The van der Waals surface area contributed by atoms with Crippen LogP contribution in [0.1, 0.15) is 25.3 Å². The summed E-state index contributed by atoms with van der Waals surface area (Å²) < 4.78 is 0. The summed E-state index contributed by atoms with van der Waals surface area (Å²) in [6.45, 7) is 1.86. The third-order valence-corrected chi connectivity index (χ3v) is 2.86. The monoisotopic (exact) mass is 281 g/mol. The molecule has 0 saturated heterocycles. The molecule has 0 fully saturated rings. The minimum atomic E-state index is -1.03. The molecule has 0 spiro atoms. The lowest BCUT2D eigenvalue weighted by atomic mass is 10.1. The van der Waals surface area contributed by atoms with E-state index in [0.717, 1.165) is 0 Å². The fourth-order valence-corrected chi connectivity index (χ4v) is 1.74. The van der Waals surface area contributed by atoms with E-state index in [4.69, 9.17) is 16.7 Å². The normalized spacial score (nSPS) is 12.3. The van der Waals surface area contributed by atoms with Gasteiger partial charge in [0.15, 0.2) is 0 Å². The van der Waals surface area contributed by atoms with Gasteiger partial charge in [-0.3, -0.25) is 4.79 Å². The average Bonchev–Trinajstić information content (AvgIpc) is 2.37. The molecule has 2 N–H and O–H groups in total. The highest BCUT2D eigenvalue weighted by Gasteiger charge is 2.17. The highest BCUT2D eigenvalue weighted by Crippen LogP contribution is 2.16. The van der Waals surface area contributed by atoms with Crippen molar-refractivity contribution in [3.63, 3.8) is 0 Å². The van der Waals surface area contributed by atoms with Gasteiger partial charge in [0.25, 0.3) is 0 Å². The number of rotatable bonds is 6. The predicted octanol–water partition coefficient (Wildman–Crippen LogP) is 2.72. The number of carboxylic acids is 1. The topological polar surface area (TPSA) is 66.4 Å². The van der Waals surface area contributed by atoms with Crippen molar-refractivity contribution in [1.29, 1.82) is 0 Å². The Morgan fingerprint density at radius 2 is 2.11 bits per heavy atom. The first-order valence-corrected chi connectivity index (χ1v) is 6.38. The minimum absolute atomic E-state index is 0.404. The van der Waals surface area contributed by atoms with Crippen LogP contribution in [0.4, 0.5) is 0 Å². The first kappa shape index (κ1) is 15.2. The van der Waals surface area contributed by atoms with Crippen molar-refractivity contribution in [2.75, 3.05) is 0 Å². The molecule has 0 heterocycles. The number of amides is 1. The number of benzene rings is 1. The Morgan fingerprint density at radius 3 is 2.68 bits per heavy atom. The van der Waals surface area contributed by atoms with Gasteiger partial charge in [0.1, 0.15) is 6.04 Å². The van der Waals surface area contributed by atoms with Crippen LogP contribution in [0, 0.1) is 0 Å². The smallest absolute Gasteiger partial charge is 0.326 e. The van der Waals surface area contributed by atoms with Crippen molar-refractivity contribution in [2.45, 2.75) is 25.8 Å². The van der Waals surface area contributed by atoms with Gasteiger partial charge in [-0.05, 0) is 24.1 Å². The molecule has 4 nitrogen and oxygen atoms in total. The average molecular weight is 282 g/mol. The molecule has 0 radical (unpaired) electrons. The fourth-order valence-electron chi connectivity index (χ4n) is 1.54. The Hall–Kier alpha value is -1.81. The molecule has 1 rings (SSSR count). The third kappa shape index (κ3) is 5.14. The summed E-state index contributed by atoms with van der Waals surface area (Å²) in [4.78, 5) is 22.5. The van der Waals surface area contributed by atoms with Crippen LogP contribution in [0.5, 0.6) is 0 Å². The Labute approximate surface area is 117 Å². The maximum Gasteiger partial charge on any atom is 0.326 e. The van der Waals surface area contributed by atoms with Crippen LogP contribution in [-0.2, 0) is 9.59 Å². The summed E-state index contributed by atoms with van der Waals surface area (Å²) in [6, 6.07) is 6.24. The molecule has 1 amide bonds. The van der Waals surface area contributed by atoms with Crippen LogP contribution in [-0.4, -0.2) is 23.0 Å². The first-order valence-electron chi connectivity index (χ1n) is 6.00. The van der Waals surface area contributed by atoms with E-state index in [0.29, 0.717) is 23.4 Å². The van der Waals surface area contributed by atoms with Crippen molar-refractivity contribution in [1.82, 2.24) is 5.32 Å². The number of hydrogen-bond donors (Lipinski definition) is 2. The zero-order valence-electron chi connectivity index (χ0n) is 10.6. The number of nitrogens with one attached hydrogen (secondary N) is 1. The highest BCUT2D eigenvalue weighted by molar-refractivity contribution is 6.32. The van der Waals surface area contributed by atoms with Crippen LogP contribution in [0.3, 0.4) is 0 Å². The second-order valence-electron chi connectivity index (χ2n) is 4.04. The molecule has 19 heavy (non-hydrogen) atoms. The van der Waals surface area contributed by atoms with Gasteiger partial charge in [-0.2, -0.15) is 0 Å². The third-order valence-electron chi connectivity index (χ3n) is 2.51. The second kappa shape index (κ2) is 7.59. The van der Waals surface area contributed by atoms with Crippen molar-refractivity contribution in [3.05, 3.63) is 40.9 Å². The highest BCUT2D eigenvalue weighted by atomic mass is 35.5. The largest absolute Gasteiger partial charge is 0.480 e.